The van der Waals surface area contributed by atoms with Crippen LogP contribution in [0.2, 0.25) is 0 Å². The Bertz CT molecular complexity index is 1200. The highest BCUT2D eigenvalue weighted by Gasteiger charge is 2.43. The minimum absolute atomic E-state index is 0.292. The third-order valence-electron chi connectivity index (χ3n) is 6.80. The summed E-state index contributed by atoms with van der Waals surface area (Å²) < 4.78 is 32.0. The van der Waals surface area contributed by atoms with Crippen molar-refractivity contribution in [2.24, 2.45) is 0 Å². The van der Waals surface area contributed by atoms with Crippen LogP contribution in [-0.2, 0) is 50.1 Å². The van der Waals surface area contributed by atoms with Crippen molar-refractivity contribution in [3.63, 3.8) is 0 Å². The van der Waals surface area contributed by atoms with E-state index in [1.807, 2.05) is 72.8 Å². The summed E-state index contributed by atoms with van der Waals surface area (Å²) in [4.78, 5) is 0. The van der Waals surface area contributed by atoms with Crippen molar-refractivity contribution in [3.05, 3.63) is 144 Å². The molecule has 3 unspecified atom stereocenters. The first-order chi connectivity index (χ1) is 19.3. The van der Waals surface area contributed by atoms with Gasteiger partial charge in [0.15, 0.2) is 0 Å². The van der Waals surface area contributed by atoms with E-state index in [9.17, 15) is 0 Å². The van der Waals surface area contributed by atoms with Crippen molar-refractivity contribution in [1.29, 1.82) is 0 Å². The minimum atomic E-state index is -0.376. The molecule has 5 rings (SSSR count). The molecule has 1 saturated heterocycles. The van der Waals surface area contributed by atoms with Crippen LogP contribution in [0.5, 0.6) is 0 Å². The van der Waals surface area contributed by atoms with Crippen molar-refractivity contribution in [2.75, 3.05) is 13.2 Å². The van der Waals surface area contributed by atoms with Gasteiger partial charge in [0.25, 0.3) is 0 Å². The van der Waals surface area contributed by atoms with Gasteiger partial charge in [-0.3, -0.25) is 0 Å². The molecule has 39 heavy (non-hydrogen) atoms. The second kappa shape index (κ2) is 14.7. The van der Waals surface area contributed by atoms with E-state index in [0.717, 1.165) is 22.3 Å². The van der Waals surface area contributed by atoms with Crippen LogP contribution < -0.4 is 0 Å². The van der Waals surface area contributed by atoms with Crippen LogP contribution >= 0.6 is 0 Å². The van der Waals surface area contributed by atoms with Crippen LogP contribution in [0.4, 0.5) is 0 Å². The summed E-state index contributed by atoms with van der Waals surface area (Å²) >= 11 is 0. The Morgan fingerprint density at radius 2 is 0.897 bits per heavy atom. The van der Waals surface area contributed by atoms with Gasteiger partial charge in [0, 0.05) is 0 Å². The third kappa shape index (κ3) is 8.33. The minimum Gasteiger partial charge on any atom is -0.374 e. The van der Waals surface area contributed by atoms with E-state index in [1.54, 1.807) is 0 Å². The zero-order chi connectivity index (χ0) is 26.5. The molecule has 1 aliphatic rings. The van der Waals surface area contributed by atoms with E-state index >= 15 is 0 Å². The van der Waals surface area contributed by atoms with Gasteiger partial charge >= 0.3 is 0 Å². The molecule has 0 aliphatic carbocycles. The Morgan fingerprint density at radius 1 is 0.487 bits per heavy atom. The molecule has 0 radical (unpaired) electrons. The third-order valence-corrected chi connectivity index (χ3v) is 6.80. The van der Waals surface area contributed by atoms with E-state index in [4.69, 9.17) is 23.7 Å². The highest BCUT2D eigenvalue weighted by molar-refractivity contribution is 5.16. The lowest BCUT2D eigenvalue weighted by Gasteiger charge is -2.42. The van der Waals surface area contributed by atoms with E-state index in [0.29, 0.717) is 39.6 Å². The number of ether oxygens (including phenoxy) is 5. The summed E-state index contributed by atoms with van der Waals surface area (Å²) in [6, 6.07) is 40.7. The van der Waals surface area contributed by atoms with Gasteiger partial charge in [-0.1, -0.05) is 121 Å². The van der Waals surface area contributed by atoms with Crippen LogP contribution in [-0.4, -0.2) is 37.6 Å². The Balaban J connectivity index is 1.32. The number of rotatable bonds is 13. The van der Waals surface area contributed by atoms with Gasteiger partial charge in [0.05, 0.1) is 39.6 Å². The molecule has 1 heterocycles. The number of hydrogen-bond donors (Lipinski definition) is 0. The summed E-state index contributed by atoms with van der Waals surface area (Å²) in [6.07, 6.45) is -1.30. The van der Waals surface area contributed by atoms with Crippen molar-refractivity contribution in [3.8, 4) is 0 Å². The van der Waals surface area contributed by atoms with E-state index < -0.39 is 0 Å². The number of benzene rings is 4. The van der Waals surface area contributed by atoms with Gasteiger partial charge in [0.2, 0.25) is 0 Å². The molecule has 4 aromatic rings. The maximum atomic E-state index is 6.58. The molecule has 0 spiro atoms. The first-order valence-electron chi connectivity index (χ1n) is 13.5. The van der Waals surface area contributed by atoms with Crippen LogP contribution in [0.25, 0.3) is 0 Å². The van der Waals surface area contributed by atoms with Crippen molar-refractivity contribution < 1.29 is 23.7 Å². The average Bonchev–Trinajstić information content (AvgIpc) is 3.00. The molecule has 202 valence electrons. The maximum absolute atomic E-state index is 6.58. The molecule has 0 aromatic heterocycles. The lowest BCUT2D eigenvalue weighted by Crippen LogP contribution is -2.57. The standard InChI is InChI=1S/C34H36O5/c1-5-13-27(14-6-1)21-35-25-31-33(38-23-29-17-9-3-10-18-29)34(39-24-30-19-11-4-12-20-30)32(26-37-31)36-22-28-15-7-2-8-16-28/h1-20,31-34H,21-26H2/t31?,32?,33-,34?/m0/s1. The zero-order valence-corrected chi connectivity index (χ0v) is 22.1. The molecule has 0 saturated carbocycles. The van der Waals surface area contributed by atoms with Gasteiger partial charge in [-0.25, -0.2) is 0 Å². The smallest absolute Gasteiger partial charge is 0.115 e. The molecular formula is C34H36O5. The summed E-state index contributed by atoms with van der Waals surface area (Å²) in [5, 5.41) is 0. The van der Waals surface area contributed by atoms with Crippen molar-refractivity contribution >= 4 is 0 Å². The quantitative estimate of drug-likeness (QED) is 0.204. The van der Waals surface area contributed by atoms with Crippen LogP contribution in [0, 0.1) is 0 Å². The maximum Gasteiger partial charge on any atom is 0.115 e. The van der Waals surface area contributed by atoms with Gasteiger partial charge in [-0.15, -0.1) is 0 Å². The normalized spacial score (nSPS) is 21.0. The SMILES string of the molecule is c1ccc(COCC2OCC(OCc3ccccc3)C(OCc3ccccc3)[C@H]2OCc2ccccc2)cc1. The molecular weight excluding hydrogens is 488 g/mol. The molecule has 5 nitrogen and oxygen atoms in total. The van der Waals surface area contributed by atoms with E-state index in [-0.39, 0.29) is 24.4 Å². The van der Waals surface area contributed by atoms with Crippen molar-refractivity contribution in [2.45, 2.75) is 50.8 Å². The molecule has 0 N–H and O–H groups in total. The molecule has 4 aromatic carbocycles. The molecule has 1 aliphatic heterocycles. The summed E-state index contributed by atoms with van der Waals surface area (Å²) in [5.41, 5.74) is 4.42. The Hall–Kier alpha value is -3.32. The second-order valence-corrected chi connectivity index (χ2v) is 9.73. The van der Waals surface area contributed by atoms with Crippen LogP contribution in [0.3, 0.4) is 0 Å². The summed E-state index contributed by atoms with van der Waals surface area (Å²) in [7, 11) is 0. The molecule has 1 fully saturated rings. The molecule has 0 amide bonds. The summed E-state index contributed by atoms with van der Waals surface area (Å²) in [6.45, 7) is 2.68. The largest absolute Gasteiger partial charge is 0.374 e. The predicted octanol–water partition coefficient (Wildman–Crippen LogP) is 6.36. The lowest BCUT2D eigenvalue weighted by molar-refractivity contribution is -0.246. The molecule has 5 heteroatoms. The van der Waals surface area contributed by atoms with Gasteiger partial charge < -0.3 is 23.7 Å². The topological polar surface area (TPSA) is 46.2 Å². The van der Waals surface area contributed by atoms with Crippen molar-refractivity contribution in [1.82, 2.24) is 0 Å². The number of hydrogen-bond acceptors (Lipinski definition) is 5. The van der Waals surface area contributed by atoms with Gasteiger partial charge in [-0.05, 0) is 22.3 Å². The Labute approximate surface area is 231 Å². The Kier molecular flexibility index (Phi) is 10.3. The van der Waals surface area contributed by atoms with Gasteiger partial charge in [0.1, 0.15) is 24.4 Å². The highest BCUT2D eigenvalue weighted by Crippen LogP contribution is 2.27. The fourth-order valence-corrected chi connectivity index (χ4v) is 4.70. The fourth-order valence-electron chi connectivity index (χ4n) is 4.70. The Morgan fingerprint density at radius 3 is 1.38 bits per heavy atom. The first-order valence-corrected chi connectivity index (χ1v) is 13.5. The molecule has 0 bridgehead atoms. The highest BCUT2D eigenvalue weighted by atomic mass is 16.6. The fraction of sp³-hybridized carbons (Fsp3) is 0.294. The summed E-state index contributed by atoms with van der Waals surface area (Å²) in [5.74, 6) is 0. The first kappa shape index (κ1) is 27.3. The van der Waals surface area contributed by atoms with E-state index in [2.05, 4.69) is 48.5 Å². The van der Waals surface area contributed by atoms with E-state index in [1.165, 1.54) is 0 Å². The van der Waals surface area contributed by atoms with Crippen LogP contribution in [0.1, 0.15) is 22.3 Å². The zero-order valence-electron chi connectivity index (χ0n) is 22.1. The second-order valence-electron chi connectivity index (χ2n) is 9.73. The predicted molar refractivity (Wildman–Crippen MR) is 151 cm³/mol. The molecule has 4 atom stereocenters. The monoisotopic (exact) mass is 524 g/mol. The average molecular weight is 525 g/mol. The van der Waals surface area contributed by atoms with Crippen LogP contribution in [0.15, 0.2) is 121 Å². The lowest BCUT2D eigenvalue weighted by atomic mass is 9.99. The van der Waals surface area contributed by atoms with Gasteiger partial charge in [-0.2, -0.15) is 0 Å².